The van der Waals surface area contributed by atoms with Crippen molar-refractivity contribution < 1.29 is 14.6 Å². The molecule has 0 bridgehead atoms. The van der Waals surface area contributed by atoms with Crippen molar-refractivity contribution in [3.8, 4) is 5.75 Å². The molecule has 0 atom stereocenters. The Balaban J connectivity index is 2.01. The Morgan fingerprint density at radius 1 is 1.13 bits per heavy atom. The zero-order chi connectivity index (χ0) is 16.4. The van der Waals surface area contributed by atoms with Crippen LogP contribution >= 0.6 is 0 Å². The summed E-state index contributed by atoms with van der Waals surface area (Å²) in [7, 11) is 1.36. The monoisotopic (exact) mass is 307 g/mol. The van der Waals surface area contributed by atoms with Crippen LogP contribution in [0.15, 0.2) is 48.5 Å². The van der Waals surface area contributed by atoms with Gasteiger partial charge in [0.05, 0.1) is 23.9 Å². The Kier molecular flexibility index (Phi) is 3.98. The molecule has 1 aromatic heterocycles. The minimum Gasteiger partial charge on any atom is -0.506 e. The molecule has 4 heteroatoms. The van der Waals surface area contributed by atoms with E-state index in [0.717, 1.165) is 22.0 Å². The number of rotatable bonds is 3. The van der Waals surface area contributed by atoms with Crippen LogP contribution in [0, 0.1) is 6.92 Å². The fourth-order valence-corrected chi connectivity index (χ4v) is 2.67. The van der Waals surface area contributed by atoms with E-state index < -0.39 is 0 Å². The zero-order valence-electron chi connectivity index (χ0n) is 13.0. The third-order valence-corrected chi connectivity index (χ3v) is 3.90. The first-order chi connectivity index (χ1) is 11.1. The van der Waals surface area contributed by atoms with E-state index >= 15 is 0 Å². The van der Waals surface area contributed by atoms with Crippen LogP contribution in [0.4, 0.5) is 0 Å². The lowest BCUT2D eigenvalue weighted by atomic mass is 9.98. The fraction of sp³-hybridized carbons (Fsp3) is 0.158. The minimum absolute atomic E-state index is 0.223. The highest BCUT2D eigenvalue weighted by atomic mass is 16.5. The average molecular weight is 307 g/mol. The molecule has 4 nitrogen and oxygen atoms in total. The summed E-state index contributed by atoms with van der Waals surface area (Å²) in [5.74, 6) is -0.134. The van der Waals surface area contributed by atoms with Crippen molar-refractivity contribution in [1.82, 2.24) is 4.98 Å². The smallest absolute Gasteiger partial charge is 0.337 e. The van der Waals surface area contributed by atoms with Crippen LogP contribution in [-0.2, 0) is 11.2 Å². The lowest BCUT2D eigenvalue weighted by molar-refractivity contribution is 0.0600. The lowest BCUT2D eigenvalue weighted by Crippen LogP contribution is -2.01. The number of esters is 1. The van der Waals surface area contributed by atoms with E-state index in [1.807, 2.05) is 36.4 Å². The summed E-state index contributed by atoms with van der Waals surface area (Å²) in [6, 6.07) is 15.0. The van der Waals surface area contributed by atoms with Crippen molar-refractivity contribution in [2.45, 2.75) is 13.3 Å². The van der Waals surface area contributed by atoms with E-state index in [2.05, 4.69) is 4.98 Å². The Morgan fingerprint density at radius 2 is 1.83 bits per heavy atom. The van der Waals surface area contributed by atoms with E-state index in [1.165, 1.54) is 7.11 Å². The first-order valence-electron chi connectivity index (χ1n) is 7.34. The van der Waals surface area contributed by atoms with Crippen molar-refractivity contribution in [2.24, 2.45) is 0 Å². The topological polar surface area (TPSA) is 59.4 Å². The molecule has 3 aromatic rings. The molecule has 116 valence electrons. The van der Waals surface area contributed by atoms with Gasteiger partial charge in [0.15, 0.2) is 0 Å². The molecule has 23 heavy (non-hydrogen) atoms. The maximum Gasteiger partial charge on any atom is 0.337 e. The molecule has 0 aliphatic rings. The summed E-state index contributed by atoms with van der Waals surface area (Å²) in [5.41, 5.74) is 3.84. The number of hydrogen-bond donors (Lipinski definition) is 1. The van der Waals surface area contributed by atoms with E-state index in [-0.39, 0.29) is 11.7 Å². The molecule has 0 aliphatic heterocycles. The normalized spacial score (nSPS) is 10.7. The van der Waals surface area contributed by atoms with Gasteiger partial charge in [0, 0.05) is 17.4 Å². The predicted molar refractivity (Wildman–Crippen MR) is 88.7 cm³/mol. The molecular weight excluding hydrogens is 290 g/mol. The molecule has 0 aliphatic carbocycles. The summed E-state index contributed by atoms with van der Waals surface area (Å²) >= 11 is 0. The third-order valence-electron chi connectivity index (χ3n) is 3.90. The van der Waals surface area contributed by atoms with Gasteiger partial charge in [-0.15, -0.1) is 0 Å². The van der Waals surface area contributed by atoms with Crippen LogP contribution in [0.1, 0.15) is 27.2 Å². The number of fused-ring (bicyclic) bond motifs is 1. The van der Waals surface area contributed by atoms with Crippen LogP contribution in [-0.4, -0.2) is 23.2 Å². The molecule has 0 saturated heterocycles. The van der Waals surface area contributed by atoms with Crippen molar-refractivity contribution >= 4 is 16.9 Å². The fourth-order valence-electron chi connectivity index (χ4n) is 2.67. The van der Waals surface area contributed by atoms with Gasteiger partial charge in [0.1, 0.15) is 5.75 Å². The van der Waals surface area contributed by atoms with Gasteiger partial charge in [0.2, 0.25) is 0 Å². The van der Waals surface area contributed by atoms with Gasteiger partial charge < -0.3 is 9.84 Å². The Labute approximate surface area is 134 Å². The zero-order valence-corrected chi connectivity index (χ0v) is 13.0. The summed E-state index contributed by atoms with van der Waals surface area (Å²) in [4.78, 5) is 15.9. The van der Waals surface area contributed by atoms with E-state index in [9.17, 15) is 9.90 Å². The van der Waals surface area contributed by atoms with Gasteiger partial charge in [-0.1, -0.05) is 30.3 Å². The summed E-state index contributed by atoms with van der Waals surface area (Å²) in [5, 5.41) is 11.3. The number of carbonyl (C=O) groups is 1. The number of benzene rings is 2. The van der Waals surface area contributed by atoms with Crippen molar-refractivity contribution in [2.75, 3.05) is 7.11 Å². The maximum absolute atomic E-state index is 11.5. The molecule has 0 spiro atoms. The van der Waals surface area contributed by atoms with Crippen LogP contribution in [0.5, 0.6) is 5.75 Å². The lowest BCUT2D eigenvalue weighted by Gasteiger charge is -2.11. The summed E-state index contributed by atoms with van der Waals surface area (Å²) < 4.78 is 4.70. The number of nitrogens with zero attached hydrogens (tertiary/aromatic N) is 1. The first kappa shape index (κ1) is 15.0. The van der Waals surface area contributed by atoms with E-state index in [4.69, 9.17) is 4.74 Å². The van der Waals surface area contributed by atoms with E-state index in [1.54, 1.807) is 19.1 Å². The summed E-state index contributed by atoms with van der Waals surface area (Å²) in [6.07, 6.45) is 0.567. The highest BCUT2D eigenvalue weighted by Crippen LogP contribution is 2.30. The summed E-state index contributed by atoms with van der Waals surface area (Å²) in [6.45, 7) is 1.80. The number of aromatic nitrogens is 1. The number of methoxy groups -OCH3 is 1. The molecule has 1 heterocycles. The third kappa shape index (κ3) is 2.88. The van der Waals surface area contributed by atoms with Crippen LogP contribution in [0.25, 0.3) is 10.9 Å². The van der Waals surface area contributed by atoms with Gasteiger partial charge >= 0.3 is 5.97 Å². The molecule has 0 fully saturated rings. The number of ether oxygens (including phenoxy) is 1. The van der Waals surface area contributed by atoms with Gasteiger partial charge in [0.25, 0.3) is 0 Å². The molecule has 1 N–H and O–H groups in total. The van der Waals surface area contributed by atoms with E-state index in [0.29, 0.717) is 17.7 Å². The van der Waals surface area contributed by atoms with Crippen molar-refractivity contribution in [3.63, 3.8) is 0 Å². The molecule has 3 rings (SSSR count). The van der Waals surface area contributed by atoms with Crippen molar-refractivity contribution in [1.29, 1.82) is 0 Å². The number of pyridine rings is 1. The van der Waals surface area contributed by atoms with Crippen LogP contribution in [0.2, 0.25) is 0 Å². The largest absolute Gasteiger partial charge is 0.506 e. The van der Waals surface area contributed by atoms with Crippen molar-refractivity contribution in [3.05, 3.63) is 70.9 Å². The number of aryl methyl sites for hydroxylation is 1. The minimum atomic E-state index is -0.357. The maximum atomic E-state index is 11.5. The Morgan fingerprint density at radius 3 is 2.52 bits per heavy atom. The Hall–Kier alpha value is -2.88. The van der Waals surface area contributed by atoms with Crippen LogP contribution < -0.4 is 0 Å². The quantitative estimate of drug-likeness (QED) is 0.751. The Bertz CT molecular complexity index is 870. The van der Waals surface area contributed by atoms with Gasteiger partial charge in [-0.3, -0.25) is 0 Å². The van der Waals surface area contributed by atoms with Gasteiger partial charge in [-0.05, 0) is 30.7 Å². The number of carbonyl (C=O) groups excluding carboxylic acids is 1. The SMILES string of the molecule is COC(=O)c1ccc(Cc2c(O)c(C)nc3ccccc23)cc1. The highest BCUT2D eigenvalue weighted by molar-refractivity contribution is 5.89. The second-order valence-electron chi connectivity index (χ2n) is 5.41. The van der Waals surface area contributed by atoms with Gasteiger partial charge in [-0.25, -0.2) is 9.78 Å². The molecule has 0 saturated carbocycles. The molecule has 0 amide bonds. The second-order valence-corrected chi connectivity index (χ2v) is 5.41. The molecular formula is C19H17NO3. The molecule has 0 radical (unpaired) electrons. The second kappa shape index (κ2) is 6.08. The highest BCUT2D eigenvalue weighted by Gasteiger charge is 2.12. The number of hydrogen-bond acceptors (Lipinski definition) is 4. The number of para-hydroxylation sites is 1. The van der Waals surface area contributed by atoms with Crippen LogP contribution in [0.3, 0.4) is 0 Å². The average Bonchev–Trinajstić information content (AvgIpc) is 2.59. The molecule has 0 unspecified atom stereocenters. The molecule has 2 aromatic carbocycles. The predicted octanol–water partition coefficient (Wildman–Crippen LogP) is 3.63. The number of aromatic hydroxyl groups is 1. The first-order valence-corrected chi connectivity index (χ1v) is 7.34. The van der Waals surface area contributed by atoms with Gasteiger partial charge in [-0.2, -0.15) is 0 Å². The standard InChI is InChI=1S/C19H17NO3/c1-12-18(21)16(15-5-3-4-6-17(15)20-12)11-13-7-9-14(10-8-13)19(22)23-2/h3-10,21H,11H2,1-2H3.